The van der Waals surface area contributed by atoms with Gasteiger partial charge in [0.1, 0.15) is 5.82 Å². The average molecular weight is 419 g/mol. The fourth-order valence-corrected chi connectivity index (χ4v) is 4.55. The Kier molecular flexibility index (Phi) is 6.33. The van der Waals surface area contributed by atoms with E-state index in [4.69, 9.17) is 0 Å². The van der Waals surface area contributed by atoms with Crippen LogP contribution in [0.25, 0.3) is 0 Å². The highest BCUT2D eigenvalue weighted by Gasteiger charge is 2.43. The van der Waals surface area contributed by atoms with Gasteiger partial charge in [0, 0.05) is 18.2 Å². The first-order valence-corrected chi connectivity index (χ1v) is 11.3. The summed E-state index contributed by atoms with van der Waals surface area (Å²) < 4.78 is 2.10. The van der Waals surface area contributed by atoms with Crippen LogP contribution in [-0.2, 0) is 17.8 Å². The lowest BCUT2D eigenvalue weighted by Crippen LogP contribution is -2.16. The number of hydrogen-bond donors (Lipinski definition) is 1. The number of benzene rings is 2. The second-order valence-electron chi connectivity index (χ2n) is 7.45. The van der Waals surface area contributed by atoms with Crippen LogP contribution in [0.15, 0.2) is 72.4 Å². The van der Waals surface area contributed by atoms with Crippen LogP contribution in [0.3, 0.4) is 0 Å². The highest BCUT2D eigenvalue weighted by Crippen LogP contribution is 2.54. The summed E-state index contributed by atoms with van der Waals surface area (Å²) in [6.07, 6.45) is 3.82. The van der Waals surface area contributed by atoms with Gasteiger partial charge in [-0.05, 0) is 36.0 Å². The van der Waals surface area contributed by atoms with E-state index in [2.05, 4.69) is 57.8 Å². The molecule has 1 saturated carbocycles. The Hall–Kier alpha value is -2.86. The van der Waals surface area contributed by atoms with Gasteiger partial charge in [-0.1, -0.05) is 73.3 Å². The molecule has 1 aliphatic carbocycles. The van der Waals surface area contributed by atoms with Crippen LogP contribution in [0.2, 0.25) is 0 Å². The highest BCUT2D eigenvalue weighted by molar-refractivity contribution is 7.99. The zero-order valence-corrected chi connectivity index (χ0v) is 17.9. The van der Waals surface area contributed by atoms with Crippen molar-refractivity contribution >= 4 is 23.4 Å². The SMILES string of the molecule is C=CCn1c(SCC(=O)Nc2ccccc2CC)nnc1C1CC1c1ccccc1. The van der Waals surface area contributed by atoms with Crippen LogP contribution in [0.1, 0.15) is 42.1 Å². The predicted molar refractivity (Wildman–Crippen MR) is 122 cm³/mol. The van der Waals surface area contributed by atoms with Crippen LogP contribution in [0, 0.1) is 0 Å². The molecule has 2 atom stereocenters. The Labute approximate surface area is 181 Å². The van der Waals surface area contributed by atoms with Crippen molar-refractivity contribution in [2.24, 2.45) is 0 Å². The lowest BCUT2D eigenvalue weighted by atomic mass is 10.1. The molecule has 0 aliphatic heterocycles. The average Bonchev–Trinajstić information content (AvgIpc) is 3.48. The minimum Gasteiger partial charge on any atom is -0.325 e. The first kappa shape index (κ1) is 20.4. The number of hydrogen-bond acceptors (Lipinski definition) is 4. The van der Waals surface area contributed by atoms with Gasteiger partial charge in [-0.15, -0.1) is 16.8 Å². The molecule has 2 aromatic carbocycles. The number of para-hydroxylation sites is 1. The first-order chi connectivity index (χ1) is 14.7. The molecule has 0 bridgehead atoms. The Morgan fingerprint density at radius 2 is 1.93 bits per heavy atom. The van der Waals surface area contributed by atoms with Crippen LogP contribution in [0.4, 0.5) is 5.69 Å². The molecule has 30 heavy (non-hydrogen) atoms. The third-order valence-corrected chi connectivity index (χ3v) is 6.38. The summed E-state index contributed by atoms with van der Waals surface area (Å²) in [6, 6.07) is 18.5. The van der Waals surface area contributed by atoms with E-state index >= 15 is 0 Å². The van der Waals surface area contributed by atoms with E-state index in [-0.39, 0.29) is 5.91 Å². The molecule has 1 aromatic heterocycles. The summed E-state index contributed by atoms with van der Waals surface area (Å²) in [4.78, 5) is 12.5. The van der Waals surface area contributed by atoms with Crippen LogP contribution < -0.4 is 5.32 Å². The summed E-state index contributed by atoms with van der Waals surface area (Å²) in [6.45, 7) is 6.60. The van der Waals surface area contributed by atoms with Crippen LogP contribution in [-0.4, -0.2) is 26.4 Å². The van der Waals surface area contributed by atoms with Gasteiger partial charge in [0.25, 0.3) is 0 Å². The number of thioether (sulfide) groups is 1. The van der Waals surface area contributed by atoms with Gasteiger partial charge in [0.15, 0.2) is 5.16 Å². The molecule has 0 saturated heterocycles. The molecule has 3 aromatic rings. The minimum absolute atomic E-state index is 0.0378. The Bertz CT molecular complexity index is 1030. The maximum Gasteiger partial charge on any atom is 0.234 e. The Morgan fingerprint density at radius 1 is 1.17 bits per heavy atom. The quantitative estimate of drug-likeness (QED) is 0.391. The summed E-state index contributed by atoms with van der Waals surface area (Å²) in [5.74, 6) is 2.11. The molecule has 4 rings (SSSR count). The number of nitrogens with zero attached hydrogens (tertiary/aromatic N) is 3. The van der Waals surface area contributed by atoms with E-state index in [1.165, 1.54) is 17.3 Å². The summed E-state index contributed by atoms with van der Waals surface area (Å²) >= 11 is 1.42. The lowest BCUT2D eigenvalue weighted by molar-refractivity contribution is -0.113. The van der Waals surface area contributed by atoms with E-state index in [1.54, 1.807) is 0 Å². The normalized spacial score (nSPS) is 17.5. The number of nitrogens with one attached hydrogen (secondary N) is 1. The molecule has 0 radical (unpaired) electrons. The van der Waals surface area contributed by atoms with E-state index < -0.39 is 0 Å². The fourth-order valence-electron chi connectivity index (χ4n) is 3.80. The van der Waals surface area contributed by atoms with Crippen molar-refractivity contribution in [1.29, 1.82) is 0 Å². The Morgan fingerprint density at radius 3 is 2.70 bits per heavy atom. The summed E-state index contributed by atoms with van der Waals surface area (Å²) in [7, 11) is 0. The van der Waals surface area contributed by atoms with E-state index in [0.717, 1.165) is 35.1 Å². The standard InChI is InChI=1S/C24H26N4OS/c1-3-14-28-23(20-15-19(20)18-11-6-5-7-12-18)26-27-24(28)30-16-22(29)25-21-13-9-8-10-17(21)4-2/h3,5-13,19-20H,1,4,14-16H2,2H3,(H,25,29). The highest BCUT2D eigenvalue weighted by atomic mass is 32.2. The molecule has 6 heteroatoms. The molecule has 1 fully saturated rings. The molecule has 2 unspecified atom stereocenters. The lowest BCUT2D eigenvalue weighted by Gasteiger charge is -2.10. The number of amides is 1. The number of carbonyl (C=O) groups is 1. The van der Waals surface area contributed by atoms with Crippen molar-refractivity contribution in [2.45, 2.75) is 43.3 Å². The third kappa shape index (κ3) is 4.49. The second kappa shape index (κ2) is 9.30. The first-order valence-electron chi connectivity index (χ1n) is 10.3. The number of anilines is 1. The fraction of sp³-hybridized carbons (Fsp3) is 0.292. The van der Waals surface area contributed by atoms with Crippen molar-refractivity contribution < 1.29 is 4.79 Å². The van der Waals surface area contributed by atoms with Gasteiger partial charge >= 0.3 is 0 Å². The van der Waals surface area contributed by atoms with Gasteiger partial charge in [-0.2, -0.15) is 0 Å². The third-order valence-electron chi connectivity index (χ3n) is 5.41. The monoisotopic (exact) mass is 418 g/mol. The molecule has 0 spiro atoms. The van der Waals surface area contributed by atoms with Crippen LogP contribution in [0.5, 0.6) is 0 Å². The number of rotatable bonds is 9. The molecule has 1 amide bonds. The van der Waals surface area contributed by atoms with Crippen LogP contribution >= 0.6 is 11.8 Å². The number of carbonyl (C=O) groups excluding carboxylic acids is 1. The molecule has 1 heterocycles. The van der Waals surface area contributed by atoms with Crippen molar-refractivity contribution in [2.75, 3.05) is 11.1 Å². The number of allylic oxidation sites excluding steroid dienone is 1. The topological polar surface area (TPSA) is 59.8 Å². The maximum atomic E-state index is 12.5. The van der Waals surface area contributed by atoms with Crippen molar-refractivity contribution in [3.05, 3.63) is 84.2 Å². The maximum absolute atomic E-state index is 12.5. The van der Waals surface area contributed by atoms with Crippen molar-refractivity contribution in [1.82, 2.24) is 14.8 Å². The van der Waals surface area contributed by atoms with Gasteiger partial charge in [0.05, 0.1) is 5.75 Å². The smallest absolute Gasteiger partial charge is 0.234 e. The van der Waals surface area contributed by atoms with E-state index in [0.29, 0.717) is 24.1 Å². The molecule has 154 valence electrons. The number of aryl methyl sites for hydroxylation is 1. The molecule has 5 nitrogen and oxygen atoms in total. The largest absolute Gasteiger partial charge is 0.325 e. The number of aromatic nitrogens is 3. The molecule has 1 aliphatic rings. The second-order valence-corrected chi connectivity index (χ2v) is 8.39. The van der Waals surface area contributed by atoms with E-state index in [1.807, 2.05) is 36.4 Å². The van der Waals surface area contributed by atoms with Crippen molar-refractivity contribution in [3.63, 3.8) is 0 Å². The molecule has 1 N–H and O–H groups in total. The van der Waals surface area contributed by atoms with E-state index in [9.17, 15) is 4.79 Å². The van der Waals surface area contributed by atoms with Gasteiger partial charge in [-0.3, -0.25) is 4.79 Å². The zero-order chi connectivity index (χ0) is 20.9. The molecular formula is C24H26N4OS. The van der Waals surface area contributed by atoms with Gasteiger partial charge < -0.3 is 9.88 Å². The van der Waals surface area contributed by atoms with Gasteiger partial charge in [-0.25, -0.2) is 0 Å². The molecular weight excluding hydrogens is 392 g/mol. The minimum atomic E-state index is -0.0378. The summed E-state index contributed by atoms with van der Waals surface area (Å²) in [5.41, 5.74) is 3.36. The van der Waals surface area contributed by atoms with Crippen molar-refractivity contribution in [3.8, 4) is 0 Å². The predicted octanol–water partition coefficient (Wildman–Crippen LogP) is 5.03. The summed E-state index contributed by atoms with van der Waals surface area (Å²) in [5, 5.41) is 12.6. The Balaban J connectivity index is 1.42. The zero-order valence-electron chi connectivity index (χ0n) is 17.1. The van der Waals surface area contributed by atoms with Gasteiger partial charge in [0.2, 0.25) is 5.91 Å².